The summed E-state index contributed by atoms with van der Waals surface area (Å²) in [6.45, 7) is 3.83. The molecule has 0 bridgehead atoms. The lowest BCUT2D eigenvalue weighted by Crippen LogP contribution is -2.17. The average Bonchev–Trinajstić information content (AvgIpc) is 3.27. The molecule has 2 atom stereocenters. The number of ether oxygens (including phenoxy) is 1. The first-order valence-electron chi connectivity index (χ1n) is 9.99. The summed E-state index contributed by atoms with van der Waals surface area (Å²) in [6, 6.07) is 16.7. The molecule has 3 heterocycles. The first kappa shape index (κ1) is 18.6. The molecule has 1 aliphatic rings. The van der Waals surface area contributed by atoms with Crippen LogP contribution in [0.1, 0.15) is 37.1 Å². The molecule has 0 radical (unpaired) electrons. The highest BCUT2D eigenvalue weighted by Crippen LogP contribution is 2.30. The Morgan fingerprint density at radius 1 is 1.11 bits per heavy atom. The van der Waals surface area contributed by atoms with E-state index in [9.17, 15) is 0 Å². The number of hydrogen-bond donors (Lipinski definition) is 1. The maximum atomic E-state index is 5.60. The molecule has 1 fully saturated rings. The Kier molecular flexibility index (Phi) is 5.92. The van der Waals surface area contributed by atoms with E-state index in [4.69, 9.17) is 14.7 Å². The van der Waals surface area contributed by atoms with Crippen molar-refractivity contribution in [2.45, 2.75) is 32.2 Å². The summed E-state index contributed by atoms with van der Waals surface area (Å²) in [5, 5.41) is 3.68. The Hall–Kier alpha value is -2.79. The van der Waals surface area contributed by atoms with Crippen LogP contribution in [-0.2, 0) is 11.2 Å². The Bertz CT molecular complexity index is 880. The highest BCUT2D eigenvalue weighted by atomic mass is 16.5. The number of nitrogens with zero attached hydrogens (tertiary/aromatic N) is 3. The van der Waals surface area contributed by atoms with E-state index in [2.05, 4.69) is 53.6 Å². The molecule has 0 saturated carbocycles. The highest BCUT2D eigenvalue weighted by molar-refractivity contribution is 5.57. The predicted molar refractivity (Wildman–Crippen MR) is 111 cm³/mol. The molecule has 0 spiro atoms. The van der Waals surface area contributed by atoms with Gasteiger partial charge >= 0.3 is 0 Å². The highest BCUT2D eigenvalue weighted by Gasteiger charge is 2.22. The van der Waals surface area contributed by atoms with Gasteiger partial charge in [0.25, 0.3) is 0 Å². The van der Waals surface area contributed by atoms with Crippen molar-refractivity contribution in [2.75, 3.05) is 18.5 Å². The van der Waals surface area contributed by atoms with E-state index in [0.29, 0.717) is 5.92 Å². The zero-order valence-electron chi connectivity index (χ0n) is 16.2. The van der Waals surface area contributed by atoms with Crippen molar-refractivity contribution in [3.63, 3.8) is 0 Å². The molecule has 3 aromatic rings. The molecule has 28 heavy (non-hydrogen) atoms. The molecular weight excluding hydrogens is 348 g/mol. The van der Waals surface area contributed by atoms with Gasteiger partial charge in [0.05, 0.1) is 6.04 Å². The summed E-state index contributed by atoms with van der Waals surface area (Å²) >= 11 is 0. The van der Waals surface area contributed by atoms with Gasteiger partial charge in [-0.2, -0.15) is 0 Å². The van der Waals surface area contributed by atoms with Crippen LogP contribution in [0.25, 0.3) is 11.4 Å². The number of rotatable bonds is 7. The number of aryl methyl sites for hydroxylation is 1. The number of pyridine rings is 1. The van der Waals surface area contributed by atoms with E-state index in [-0.39, 0.29) is 6.04 Å². The molecule has 2 unspecified atom stereocenters. The fourth-order valence-electron chi connectivity index (χ4n) is 3.63. The van der Waals surface area contributed by atoms with Crippen molar-refractivity contribution in [1.82, 2.24) is 15.0 Å². The van der Waals surface area contributed by atoms with Crippen molar-refractivity contribution in [3.05, 3.63) is 72.2 Å². The van der Waals surface area contributed by atoms with E-state index in [1.54, 1.807) is 12.4 Å². The predicted octanol–water partition coefficient (Wildman–Crippen LogP) is 4.68. The van der Waals surface area contributed by atoms with Crippen molar-refractivity contribution >= 4 is 5.82 Å². The lowest BCUT2D eigenvalue weighted by molar-refractivity contribution is 0.183. The molecule has 144 valence electrons. The molecule has 5 heteroatoms. The fraction of sp³-hybridized carbons (Fsp3) is 0.348. The maximum absolute atomic E-state index is 5.60. The third kappa shape index (κ3) is 4.54. The number of benzene rings is 1. The summed E-state index contributed by atoms with van der Waals surface area (Å²) in [6.07, 6.45) is 6.56. The smallest absolute Gasteiger partial charge is 0.161 e. The maximum Gasteiger partial charge on any atom is 0.161 e. The molecule has 0 aliphatic carbocycles. The van der Waals surface area contributed by atoms with Crippen LogP contribution in [0.4, 0.5) is 5.82 Å². The third-order valence-electron chi connectivity index (χ3n) is 5.20. The van der Waals surface area contributed by atoms with Crippen molar-refractivity contribution in [3.8, 4) is 11.4 Å². The normalized spacial score (nSPS) is 17.4. The first-order chi connectivity index (χ1) is 13.8. The Labute approximate surface area is 166 Å². The van der Waals surface area contributed by atoms with Gasteiger partial charge < -0.3 is 10.1 Å². The third-order valence-corrected chi connectivity index (χ3v) is 5.20. The van der Waals surface area contributed by atoms with E-state index in [0.717, 1.165) is 55.4 Å². The molecule has 2 aromatic heterocycles. The van der Waals surface area contributed by atoms with Crippen molar-refractivity contribution < 1.29 is 4.74 Å². The summed E-state index contributed by atoms with van der Waals surface area (Å²) in [5.74, 6) is 2.18. The molecule has 0 amide bonds. The van der Waals surface area contributed by atoms with E-state index >= 15 is 0 Å². The van der Waals surface area contributed by atoms with Gasteiger partial charge in [-0.25, -0.2) is 9.97 Å². The average molecular weight is 374 g/mol. The van der Waals surface area contributed by atoms with Crippen LogP contribution in [0.15, 0.2) is 60.9 Å². The zero-order chi connectivity index (χ0) is 19.2. The molecule has 1 aromatic carbocycles. The van der Waals surface area contributed by atoms with Gasteiger partial charge in [-0.05, 0) is 42.9 Å². The quantitative estimate of drug-likeness (QED) is 0.651. The van der Waals surface area contributed by atoms with Gasteiger partial charge in [0, 0.05) is 42.9 Å². The second-order valence-corrected chi connectivity index (χ2v) is 7.23. The monoisotopic (exact) mass is 374 g/mol. The van der Waals surface area contributed by atoms with Crippen LogP contribution in [0.3, 0.4) is 0 Å². The van der Waals surface area contributed by atoms with Crippen molar-refractivity contribution in [2.24, 2.45) is 5.92 Å². The number of hydrogen-bond acceptors (Lipinski definition) is 5. The van der Waals surface area contributed by atoms with Gasteiger partial charge in [-0.15, -0.1) is 0 Å². The summed E-state index contributed by atoms with van der Waals surface area (Å²) in [4.78, 5) is 13.6. The minimum absolute atomic E-state index is 0.192. The standard InChI is InChI=1S/C23H26N4O/c1-2-20-15-22(27-23(25-20)19-8-11-24-12-9-19)26-21(14-17-10-13-28-16-17)18-6-4-3-5-7-18/h3-9,11-12,15,17,21H,2,10,13-14,16H2,1H3,(H,25,26,27). The Morgan fingerprint density at radius 2 is 1.93 bits per heavy atom. The molecule has 1 aliphatic heterocycles. The van der Waals surface area contributed by atoms with E-state index in [1.807, 2.05) is 12.1 Å². The number of anilines is 1. The van der Waals surface area contributed by atoms with E-state index < -0.39 is 0 Å². The lowest BCUT2D eigenvalue weighted by atomic mass is 9.94. The second-order valence-electron chi connectivity index (χ2n) is 7.23. The van der Waals surface area contributed by atoms with Gasteiger partial charge in [-0.3, -0.25) is 4.98 Å². The minimum atomic E-state index is 0.192. The van der Waals surface area contributed by atoms with Gasteiger partial charge in [0.15, 0.2) is 5.82 Å². The fourth-order valence-corrected chi connectivity index (χ4v) is 3.63. The molecule has 1 N–H and O–H groups in total. The summed E-state index contributed by atoms with van der Waals surface area (Å²) in [7, 11) is 0. The number of aromatic nitrogens is 3. The van der Waals surface area contributed by atoms with Gasteiger partial charge in [0.1, 0.15) is 5.82 Å². The van der Waals surface area contributed by atoms with Crippen LogP contribution < -0.4 is 5.32 Å². The second kappa shape index (κ2) is 8.93. The Balaban J connectivity index is 1.63. The first-order valence-corrected chi connectivity index (χ1v) is 9.99. The van der Waals surface area contributed by atoms with Gasteiger partial charge in [0.2, 0.25) is 0 Å². The minimum Gasteiger partial charge on any atom is -0.381 e. The lowest BCUT2D eigenvalue weighted by Gasteiger charge is -2.23. The SMILES string of the molecule is CCc1cc(NC(CC2CCOC2)c2ccccc2)nc(-c2ccncc2)n1. The molecule has 5 nitrogen and oxygen atoms in total. The largest absolute Gasteiger partial charge is 0.381 e. The molecule has 1 saturated heterocycles. The topological polar surface area (TPSA) is 59.9 Å². The molecular formula is C23H26N4O. The summed E-state index contributed by atoms with van der Waals surface area (Å²) in [5.41, 5.74) is 3.28. The van der Waals surface area contributed by atoms with Crippen molar-refractivity contribution in [1.29, 1.82) is 0 Å². The molecule has 4 rings (SSSR count). The zero-order valence-corrected chi connectivity index (χ0v) is 16.2. The van der Waals surface area contributed by atoms with E-state index in [1.165, 1.54) is 5.56 Å². The van der Waals surface area contributed by atoms with Crippen LogP contribution >= 0.6 is 0 Å². The van der Waals surface area contributed by atoms with Gasteiger partial charge in [-0.1, -0.05) is 37.3 Å². The van der Waals surface area contributed by atoms with Crippen LogP contribution in [0.2, 0.25) is 0 Å². The summed E-state index contributed by atoms with van der Waals surface area (Å²) < 4.78 is 5.60. The Morgan fingerprint density at radius 3 is 2.64 bits per heavy atom. The number of nitrogens with one attached hydrogen (secondary N) is 1. The van der Waals surface area contributed by atoms with Crippen LogP contribution in [0, 0.1) is 5.92 Å². The van der Waals surface area contributed by atoms with Crippen LogP contribution in [-0.4, -0.2) is 28.2 Å². The van der Waals surface area contributed by atoms with Crippen LogP contribution in [0.5, 0.6) is 0 Å².